The zero-order chi connectivity index (χ0) is 15.9. The van der Waals surface area contributed by atoms with Crippen LogP contribution in [0.4, 0.5) is 9.18 Å². The Hall–Kier alpha value is -1.68. The number of aryl methyl sites for hydroxylation is 1. The first-order valence-corrected chi connectivity index (χ1v) is 9.85. The number of nitrogens with zero attached hydrogens (tertiary/aromatic N) is 1. The molecule has 0 saturated heterocycles. The van der Waals surface area contributed by atoms with Crippen molar-refractivity contribution in [2.24, 2.45) is 0 Å². The first-order chi connectivity index (χ1) is 9.92. The molecule has 0 aliphatic heterocycles. The Balaban J connectivity index is 2.60. The van der Waals surface area contributed by atoms with Crippen LogP contribution in [-0.4, -0.2) is 32.7 Å². The van der Waals surface area contributed by atoms with Crippen LogP contribution in [0.3, 0.4) is 0 Å². The summed E-state index contributed by atoms with van der Waals surface area (Å²) in [7, 11) is -0.280. The van der Waals surface area contributed by atoms with Crippen molar-refractivity contribution in [3.8, 4) is 0 Å². The molecule has 0 aliphatic rings. The van der Waals surface area contributed by atoms with Gasteiger partial charge in [-0.1, -0.05) is 47.4 Å². The smallest absolute Gasteiger partial charge is 0.318 e. The van der Waals surface area contributed by atoms with Crippen LogP contribution in [0.25, 0.3) is 0 Å². The molecule has 0 fully saturated rings. The molecule has 1 rings (SSSR count). The molecule has 1 aromatic rings. The van der Waals surface area contributed by atoms with Crippen molar-refractivity contribution in [1.82, 2.24) is 4.90 Å². The molecule has 2 nitrogen and oxygen atoms in total. The highest BCUT2D eigenvalue weighted by Gasteiger charge is 2.21. The highest BCUT2D eigenvalue weighted by molar-refractivity contribution is 6.98. The van der Waals surface area contributed by atoms with E-state index in [4.69, 9.17) is 0 Å². The van der Waals surface area contributed by atoms with E-state index in [0.29, 0.717) is 6.54 Å². The molecular weight excluding hydrogens is 281 g/mol. The van der Waals surface area contributed by atoms with Crippen LogP contribution in [0.15, 0.2) is 48.8 Å². The zero-order valence-electron chi connectivity index (χ0n) is 12.9. The van der Waals surface area contributed by atoms with Crippen molar-refractivity contribution < 1.29 is 9.18 Å². The molecule has 0 heterocycles. The standard InChI is InChI=1S/C17H24FNOSi/c1-5-21(4,6-2)16-12-9-11-15(14-16)10-7-8-13-19(3)17(18)20/h5-6,9,11-12,14H,1-2,7-8,10,13H2,3-4H3. The minimum absolute atomic E-state index is 0.459. The predicted octanol–water partition coefficient (Wildman–Crippen LogP) is 3.77. The average Bonchev–Trinajstić information content (AvgIpc) is 2.50. The second-order valence-electron chi connectivity index (χ2n) is 5.52. The van der Waals surface area contributed by atoms with E-state index in [1.165, 1.54) is 17.8 Å². The summed E-state index contributed by atoms with van der Waals surface area (Å²) in [5.41, 5.74) is 5.33. The van der Waals surface area contributed by atoms with E-state index in [0.717, 1.165) is 24.2 Å². The Labute approximate surface area is 128 Å². The van der Waals surface area contributed by atoms with Gasteiger partial charge in [0.15, 0.2) is 0 Å². The maximum atomic E-state index is 12.4. The molecule has 0 radical (unpaired) electrons. The number of rotatable bonds is 8. The molecule has 0 saturated carbocycles. The summed E-state index contributed by atoms with van der Waals surface area (Å²) in [6.07, 6.45) is 1.30. The van der Waals surface area contributed by atoms with Crippen molar-refractivity contribution in [3.05, 3.63) is 54.4 Å². The molecular formula is C17H24FNOSi. The molecule has 1 aromatic carbocycles. The Morgan fingerprint density at radius 2 is 2.00 bits per heavy atom. The first kappa shape index (κ1) is 17.4. The molecule has 21 heavy (non-hydrogen) atoms. The maximum absolute atomic E-state index is 12.4. The number of unbranched alkanes of at least 4 members (excludes halogenated alkanes) is 1. The number of carbonyl (C=O) groups is 1. The van der Waals surface area contributed by atoms with Crippen molar-refractivity contribution in [2.75, 3.05) is 13.6 Å². The van der Waals surface area contributed by atoms with E-state index in [1.54, 1.807) is 0 Å². The molecule has 0 spiro atoms. The van der Waals surface area contributed by atoms with Crippen LogP contribution in [0.1, 0.15) is 18.4 Å². The van der Waals surface area contributed by atoms with Crippen molar-refractivity contribution in [1.29, 1.82) is 0 Å². The number of halogens is 1. The van der Waals surface area contributed by atoms with Gasteiger partial charge in [-0.05, 0) is 24.8 Å². The highest BCUT2D eigenvalue weighted by Crippen LogP contribution is 2.10. The Bertz CT molecular complexity index is 507. The molecule has 1 amide bonds. The van der Waals surface area contributed by atoms with Gasteiger partial charge in [-0.3, -0.25) is 0 Å². The van der Waals surface area contributed by atoms with Gasteiger partial charge in [0.2, 0.25) is 0 Å². The van der Waals surface area contributed by atoms with Gasteiger partial charge in [-0.2, -0.15) is 0 Å². The lowest BCUT2D eigenvalue weighted by atomic mass is 10.1. The minimum atomic E-state index is -1.76. The fourth-order valence-corrected chi connectivity index (χ4v) is 3.74. The van der Waals surface area contributed by atoms with E-state index < -0.39 is 14.2 Å². The summed E-state index contributed by atoms with van der Waals surface area (Å²) >= 11 is 0. The molecule has 0 bridgehead atoms. The van der Waals surface area contributed by atoms with E-state index in [2.05, 4.69) is 44.0 Å². The second kappa shape index (κ2) is 7.93. The van der Waals surface area contributed by atoms with Crippen molar-refractivity contribution in [3.63, 3.8) is 0 Å². The normalized spacial score (nSPS) is 11.0. The van der Waals surface area contributed by atoms with Crippen LogP contribution >= 0.6 is 0 Å². The Kier molecular flexibility index (Phi) is 6.56. The molecule has 0 atom stereocenters. The Morgan fingerprint density at radius 3 is 2.57 bits per heavy atom. The number of hydrogen-bond acceptors (Lipinski definition) is 1. The molecule has 114 valence electrons. The van der Waals surface area contributed by atoms with E-state index in [1.807, 2.05) is 11.4 Å². The van der Waals surface area contributed by atoms with E-state index in [-0.39, 0.29) is 0 Å². The quantitative estimate of drug-likeness (QED) is 0.310. The minimum Gasteiger partial charge on any atom is -0.318 e. The summed E-state index contributed by atoms with van der Waals surface area (Å²) in [5.74, 6) is 0. The third kappa shape index (κ3) is 4.97. The third-order valence-corrected chi connectivity index (χ3v) is 7.16. The van der Waals surface area contributed by atoms with Gasteiger partial charge in [-0.15, -0.1) is 17.5 Å². The number of carbonyl (C=O) groups excluding carboxylic acids is 1. The molecule has 0 unspecified atom stereocenters. The fourth-order valence-electron chi connectivity index (χ4n) is 2.15. The largest absolute Gasteiger partial charge is 0.399 e. The lowest BCUT2D eigenvalue weighted by Crippen LogP contribution is -2.41. The summed E-state index contributed by atoms with van der Waals surface area (Å²) in [6.45, 7) is 10.6. The Morgan fingerprint density at radius 1 is 1.33 bits per heavy atom. The van der Waals surface area contributed by atoms with Crippen LogP contribution in [-0.2, 0) is 6.42 Å². The van der Waals surface area contributed by atoms with Crippen LogP contribution < -0.4 is 5.19 Å². The van der Waals surface area contributed by atoms with Crippen LogP contribution in [0.2, 0.25) is 6.55 Å². The van der Waals surface area contributed by atoms with E-state index in [9.17, 15) is 9.18 Å². The summed E-state index contributed by atoms with van der Waals surface area (Å²) in [5, 5.41) is 1.31. The van der Waals surface area contributed by atoms with Gasteiger partial charge in [-0.25, -0.2) is 4.79 Å². The highest BCUT2D eigenvalue weighted by atomic mass is 28.3. The molecule has 0 N–H and O–H groups in total. The van der Waals surface area contributed by atoms with Crippen LogP contribution in [0.5, 0.6) is 0 Å². The number of benzene rings is 1. The monoisotopic (exact) mass is 305 g/mol. The van der Waals surface area contributed by atoms with Crippen molar-refractivity contribution in [2.45, 2.75) is 25.8 Å². The van der Waals surface area contributed by atoms with Gasteiger partial charge in [0.25, 0.3) is 0 Å². The lowest BCUT2D eigenvalue weighted by molar-refractivity contribution is 0.185. The van der Waals surface area contributed by atoms with Gasteiger partial charge >= 0.3 is 6.16 Å². The average molecular weight is 305 g/mol. The summed E-state index contributed by atoms with van der Waals surface area (Å²) < 4.78 is 12.4. The molecule has 0 aliphatic carbocycles. The van der Waals surface area contributed by atoms with Crippen LogP contribution in [0, 0.1) is 0 Å². The van der Waals surface area contributed by atoms with Gasteiger partial charge in [0.05, 0.1) is 0 Å². The lowest BCUT2D eigenvalue weighted by Gasteiger charge is -2.20. The first-order valence-electron chi connectivity index (χ1n) is 7.20. The zero-order valence-corrected chi connectivity index (χ0v) is 13.9. The van der Waals surface area contributed by atoms with Crippen molar-refractivity contribution >= 4 is 19.4 Å². The number of amides is 1. The van der Waals surface area contributed by atoms with E-state index >= 15 is 0 Å². The van der Waals surface area contributed by atoms with Gasteiger partial charge in [0, 0.05) is 13.6 Å². The summed E-state index contributed by atoms with van der Waals surface area (Å²) in [6, 6.07) is 8.53. The summed E-state index contributed by atoms with van der Waals surface area (Å²) in [4.78, 5) is 11.6. The maximum Gasteiger partial charge on any atom is 0.399 e. The topological polar surface area (TPSA) is 20.3 Å². The predicted molar refractivity (Wildman–Crippen MR) is 90.2 cm³/mol. The fraction of sp³-hybridized carbons (Fsp3) is 0.353. The SMILES string of the molecule is C=C[Si](C)(C=C)c1cccc(CCCCN(C)C(=O)F)c1. The number of hydrogen-bond donors (Lipinski definition) is 0. The van der Waals surface area contributed by atoms with Gasteiger partial charge < -0.3 is 4.90 Å². The molecule has 0 aromatic heterocycles. The molecule has 4 heteroatoms. The second-order valence-corrected chi connectivity index (χ2v) is 9.48. The third-order valence-electron chi connectivity index (χ3n) is 3.91. The van der Waals surface area contributed by atoms with Gasteiger partial charge in [0.1, 0.15) is 8.07 Å².